The topological polar surface area (TPSA) is 145 Å². The molecule has 11 nitrogen and oxygen atoms in total. The van der Waals surface area contributed by atoms with Crippen LogP contribution in [-0.2, 0) is 24.3 Å². The minimum Gasteiger partial charge on any atom is -0.449 e. The molecule has 2 aromatic rings. The van der Waals surface area contributed by atoms with Gasteiger partial charge in [-0.25, -0.2) is 13.2 Å². The summed E-state index contributed by atoms with van der Waals surface area (Å²) >= 11 is 6.08. The van der Waals surface area contributed by atoms with Crippen molar-refractivity contribution in [3.8, 4) is 0 Å². The Balaban J connectivity index is 1.70. The summed E-state index contributed by atoms with van der Waals surface area (Å²) < 4.78 is 37.3. The standard InChI is InChI=1S/C20H20ClN3O8S/c1-13(19(25)22-14-2-4-15(5-3-14)24(27)28)32-20(26)17-12-16(6-7-18(17)21)33(29,30)23-8-10-31-11-9-23/h2-7,12-13H,8-11H2,1H3,(H,22,25). The van der Waals surface area contributed by atoms with E-state index in [1.165, 1.54) is 47.6 Å². The van der Waals surface area contributed by atoms with Gasteiger partial charge in [-0.3, -0.25) is 14.9 Å². The lowest BCUT2D eigenvalue weighted by Gasteiger charge is -2.26. The minimum absolute atomic E-state index is 0.0381. The number of amides is 1. The first kappa shape index (κ1) is 24.6. The van der Waals surface area contributed by atoms with E-state index in [9.17, 15) is 28.1 Å². The summed E-state index contributed by atoms with van der Waals surface area (Å²) in [6.07, 6.45) is -1.26. The first-order chi connectivity index (χ1) is 15.6. The van der Waals surface area contributed by atoms with Gasteiger partial charge in [0.05, 0.1) is 33.6 Å². The van der Waals surface area contributed by atoms with Crippen LogP contribution in [-0.4, -0.2) is 61.9 Å². The van der Waals surface area contributed by atoms with E-state index in [0.29, 0.717) is 0 Å². The van der Waals surface area contributed by atoms with Gasteiger partial charge in [0.1, 0.15) is 0 Å². The molecule has 1 N–H and O–H groups in total. The van der Waals surface area contributed by atoms with Gasteiger partial charge in [-0.2, -0.15) is 4.31 Å². The maximum absolute atomic E-state index is 12.8. The number of morpholine rings is 1. The van der Waals surface area contributed by atoms with Gasteiger partial charge in [-0.05, 0) is 37.3 Å². The van der Waals surface area contributed by atoms with Gasteiger partial charge in [-0.15, -0.1) is 0 Å². The van der Waals surface area contributed by atoms with Crippen LogP contribution in [0, 0.1) is 10.1 Å². The zero-order valence-electron chi connectivity index (χ0n) is 17.4. The SMILES string of the molecule is CC(OC(=O)c1cc(S(=O)(=O)N2CCOCC2)ccc1Cl)C(=O)Nc1ccc([N+](=O)[O-])cc1. The number of nitrogens with zero attached hydrogens (tertiary/aromatic N) is 2. The first-order valence-electron chi connectivity index (χ1n) is 9.73. The average molecular weight is 498 g/mol. The average Bonchev–Trinajstić information content (AvgIpc) is 2.80. The molecule has 3 rings (SSSR count). The van der Waals surface area contributed by atoms with Crippen molar-refractivity contribution in [2.45, 2.75) is 17.9 Å². The normalized spacial score (nSPS) is 15.5. The number of ether oxygens (including phenoxy) is 2. The first-order valence-corrected chi connectivity index (χ1v) is 11.5. The molecule has 1 unspecified atom stereocenters. The number of halogens is 1. The van der Waals surface area contributed by atoms with E-state index in [-0.39, 0.29) is 53.2 Å². The third-order valence-corrected chi connectivity index (χ3v) is 6.99. The Bertz CT molecular complexity index is 1160. The fourth-order valence-electron chi connectivity index (χ4n) is 2.95. The zero-order valence-corrected chi connectivity index (χ0v) is 19.0. The zero-order chi connectivity index (χ0) is 24.2. The fraction of sp³-hybridized carbons (Fsp3) is 0.300. The largest absolute Gasteiger partial charge is 0.449 e. The second-order valence-corrected chi connectivity index (χ2v) is 9.34. The molecule has 0 radical (unpaired) electrons. The van der Waals surface area contributed by atoms with Crippen LogP contribution in [0.2, 0.25) is 5.02 Å². The molecule has 1 aliphatic heterocycles. The van der Waals surface area contributed by atoms with Gasteiger partial charge >= 0.3 is 5.97 Å². The van der Waals surface area contributed by atoms with Gasteiger partial charge in [0.15, 0.2) is 6.10 Å². The summed E-state index contributed by atoms with van der Waals surface area (Å²) in [4.78, 5) is 35.0. The number of benzene rings is 2. The highest BCUT2D eigenvalue weighted by Gasteiger charge is 2.28. The summed E-state index contributed by atoms with van der Waals surface area (Å²) in [7, 11) is -3.87. The highest BCUT2D eigenvalue weighted by atomic mass is 35.5. The number of carbonyl (C=O) groups is 2. The Kier molecular flexibility index (Phi) is 7.64. The van der Waals surface area contributed by atoms with Crippen LogP contribution in [0.5, 0.6) is 0 Å². The van der Waals surface area contributed by atoms with Gasteiger partial charge in [0.25, 0.3) is 11.6 Å². The van der Waals surface area contributed by atoms with E-state index in [4.69, 9.17) is 21.1 Å². The molecule has 1 amide bonds. The van der Waals surface area contributed by atoms with Crippen LogP contribution < -0.4 is 5.32 Å². The smallest absolute Gasteiger partial charge is 0.340 e. The molecule has 33 heavy (non-hydrogen) atoms. The molecule has 0 aliphatic carbocycles. The van der Waals surface area contributed by atoms with Crippen LogP contribution in [0.15, 0.2) is 47.4 Å². The number of carbonyl (C=O) groups excluding carboxylic acids is 2. The van der Waals surface area contributed by atoms with E-state index in [1.807, 2.05) is 0 Å². The minimum atomic E-state index is -3.87. The monoisotopic (exact) mass is 497 g/mol. The van der Waals surface area contributed by atoms with Gasteiger partial charge in [-0.1, -0.05) is 11.6 Å². The van der Waals surface area contributed by atoms with Crippen LogP contribution in [0.4, 0.5) is 11.4 Å². The van der Waals surface area contributed by atoms with Crippen molar-refractivity contribution in [3.63, 3.8) is 0 Å². The van der Waals surface area contributed by atoms with Crippen LogP contribution in [0.25, 0.3) is 0 Å². The number of nitro groups is 1. The molecule has 13 heteroatoms. The summed E-state index contributed by atoms with van der Waals surface area (Å²) in [6, 6.07) is 8.76. The summed E-state index contributed by atoms with van der Waals surface area (Å²) in [6.45, 7) is 2.22. The van der Waals surface area contributed by atoms with Gasteiger partial charge < -0.3 is 14.8 Å². The number of nitro benzene ring substituents is 1. The molecule has 0 bridgehead atoms. The Morgan fingerprint density at radius 2 is 1.82 bits per heavy atom. The number of esters is 1. The predicted molar refractivity (Wildman–Crippen MR) is 118 cm³/mol. The van der Waals surface area contributed by atoms with E-state index in [0.717, 1.165) is 6.07 Å². The quantitative estimate of drug-likeness (QED) is 0.349. The summed E-state index contributed by atoms with van der Waals surface area (Å²) in [5.41, 5.74) is -0.0832. The highest BCUT2D eigenvalue weighted by Crippen LogP contribution is 2.25. The number of hydrogen-bond donors (Lipinski definition) is 1. The molecule has 0 aromatic heterocycles. The van der Waals surface area contributed by atoms with E-state index < -0.39 is 32.9 Å². The number of rotatable bonds is 7. The number of nitrogens with one attached hydrogen (secondary N) is 1. The molecule has 0 saturated carbocycles. The molecule has 1 heterocycles. The Morgan fingerprint density at radius 1 is 1.18 bits per heavy atom. The van der Waals surface area contributed by atoms with Crippen molar-refractivity contribution in [3.05, 3.63) is 63.2 Å². The van der Waals surface area contributed by atoms with Crippen molar-refractivity contribution in [1.82, 2.24) is 4.31 Å². The lowest BCUT2D eigenvalue weighted by Crippen LogP contribution is -2.40. The second-order valence-electron chi connectivity index (χ2n) is 7.00. The summed E-state index contributed by atoms with van der Waals surface area (Å²) in [5.74, 6) is -1.67. The molecular weight excluding hydrogens is 478 g/mol. The molecule has 1 saturated heterocycles. The Labute approximate surface area is 194 Å². The number of non-ortho nitro benzene ring substituents is 1. The van der Waals surface area contributed by atoms with Crippen LogP contribution in [0.3, 0.4) is 0 Å². The second kappa shape index (κ2) is 10.3. The van der Waals surface area contributed by atoms with E-state index in [1.54, 1.807) is 0 Å². The molecule has 1 fully saturated rings. The van der Waals surface area contributed by atoms with Crippen LogP contribution >= 0.6 is 11.6 Å². The molecule has 1 aliphatic rings. The maximum Gasteiger partial charge on any atom is 0.340 e. The number of hydrogen-bond acceptors (Lipinski definition) is 8. The molecule has 1 atom stereocenters. The lowest BCUT2D eigenvalue weighted by molar-refractivity contribution is -0.384. The lowest BCUT2D eigenvalue weighted by atomic mass is 10.2. The van der Waals surface area contributed by atoms with Crippen LogP contribution in [0.1, 0.15) is 17.3 Å². The van der Waals surface area contributed by atoms with Crippen molar-refractivity contribution in [1.29, 1.82) is 0 Å². The summed E-state index contributed by atoms with van der Waals surface area (Å²) in [5, 5.41) is 13.1. The molecular formula is C20H20ClN3O8S. The third kappa shape index (κ3) is 5.85. The predicted octanol–water partition coefficient (Wildman–Crippen LogP) is 2.45. The van der Waals surface area contributed by atoms with E-state index >= 15 is 0 Å². The number of sulfonamides is 1. The molecule has 0 spiro atoms. The highest BCUT2D eigenvalue weighted by molar-refractivity contribution is 7.89. The molecule has 176 valence electrons. The Hall–Kier alpha value is -3.06. The van der Waals surface area contributed by atoms with E-state index in [2.05, 4.69) is 5.32 Å². The molecule has 2 aromatic carbocycles. The van der Waals surface area contributed by atoms with Crippen molar-refractivity contribution >= 4 is 44.9 Å². The maximum atomic E-state index is 12.8. The fourth-order valence-corrected chi connectivity index (χ4v) is 4.57. The van der Waals surface area contributed by atoms with Crippen molar-refractivity contribution in [2.24, 2.45) is 0 Å². The van der Waals surface area contributed by atoms with Gasteiger partial charge in [0, 0.05) is 30.9 Å². The van der Waals surface area contributed by atoms with Crippen molar-refractivity contribution < 1.29 is 32.4 Å². The van der Waals surface area contributed by atoms with Gasteiger partial charge in [0.2, 0.25) is 10.0 Å². The number of anilines is 1. The Morgan fingerprint density at radius 3 is 2.42 bits per heavy atom. The van der Waals surface area contributed by atoms with Crippen molar-refractivity contribution in [2.75, 3.05) is 31.6 Å². The third-order valence-electron chi connectivity index (χ3n) is 4.76.